The molecule has 1 aromatic carbocycles. The summed E-state index contributed by atoms with van der Waals surface area (Å²) in [5.41, 5.74) is 10.4. The number of carbonyl (C=O) groups is 2. The summed E-state index contributed by atoms with van der Waals surface area (Å²) in [7, 11) is 0. The minimum absolute atomic E-state index is 0.178. The Kier molecular flexibility index (Phi) is 3.50. The van der Waals surface area contributed by atoms with E-state index in [9.17, 15) is 9.59 Å². The van der Waals surface area contributed by atoms with Crippen LogP contribution in [0.2, 0.25) is 0 Å². The molecule has 0 atom stereocenters. The van der Waals surface area contributed by atoms with Gasteiger partial charge in [0.05, 0.1) is 0 Å². The van der Waals surface area contributed by atoms with Crippen LogP contribution >= 0.6 is 0 Å². The van der Waals surface area contributed by atoms with E-state index in [0.29, 0.717) is 11.4 Å². The van der Waals surface area contributed by atoms with Gasteiger partial charge in [-0.25, -0.2) is 4.79 Å². The van der Waals surface area contributed by atoms with Crippen molar-refractivity contribution < 1.29 is 14.3 Å². The Bertz CT molecular complexity index is 361. The van der Waals surface area contributed by atoms with Crippen LogP contribution in [-0.4, -0.2) is 18.5 Å². The van der Waals surface area contributed by atoms with Gasteiger partial charge in [0.15, 0.2) is 6.61 Å². The van der Waals surface area contributed by atoms with Crippen LogP contribution in [0, 0.1) is 0 Å². The zero-order valence-corrected chi connectivity index (χ0v) is 7.90. The number of urea groups is 1. The molecule has 0 bridgehead atoms. The summed E-state index contributed by atoms with van der Waals surface area (Å²) in [6.45, 7) is -0.178. The quantitative estimate of drug-likeness (QED) is 0.651. The van der Waals surface area contributed by atoms with Gasteiger partial charge >= 0.3 is 6.03 Å². The van der Waals surface area contributed by atoms with Crippen molar-refractivity contribution in [2.75, 3.05) is 11.9 Å². The van der Waals surface area contributed by atoms with E-state index in [1.807, 2.05) is 0 Å². The topological polar surface area (TPSA) is 107 Å². The van der Waals surface area contributed by atoms with E-state index < -0.39 is 11.9 Å². The first kappa shape index (κ1) is 10.8. The number of benzene rings is 1. The lowest BCUT2D eigenvalue weighted by Gasteiger charge is -2.05. The number of ether oxygens (including phenoxy) is 1. The van der Waals surface area contributed by atoms with E-state index in [4.69, 9.17) is 16.2 Å². The van der Waals surface area contributed by atoms with E-state index in [1.165, 1.54) is 0 Å². The fourth-order valence-corrected chi connectivity index (χ4v) is 0.931. The smallest absolute Gasteiger partial charge is 0.316 e. The van der Waals surface area contributed by atoms with Crippen LogP contribution in [0.3, 0.4) is 0 Å². The number of primary amides is 2. The van der Waals surface area contributed by atoms with Crippen molar-refractivity contribution in [1.29, 1.82) is 0 Å². The highest BCUT2D eigenvalue weighted by Crippen LogP contribution is 2.15. The van der Waals surface area contributed by atoms with Gasteiger partial charge < -0.3 is 21.5 Å². The van der Waals surface area contributed by atoms with Crippen molar-refractivity contribution in [1.82, 2.24) is 0 Å². The molecule has 80 valence electrons. The first-order valence-electron chi connectivity index (χ1n) is 4.15. The summed E-state index contributed by atoms with van der Waals surface area (Å²) in [5, 5.41) is 2.39. The second-order valence-electron chi connectivity index (χ2n) is 2.77. The number of nitrogens with two attached hydrogens (primary N) is 2. The average molecular weight is 209 g/mol. The Morgan fingerprint density at radius 1 is 1.20 bits per heavy atom. The third-order valence-electron chi connectivity index (χ3n) is 1.50. The standard InChI is InChI=1S/C9H11N3O3/c10-8(13)5-15-7-3-1-6(2-4-7)12-9(11)14/h1-4H,5H2,(H2,10,13)(H3,11,12,14). The molecule has 0 saturated carbocycles. The summed E-state index contributed by atoms with van der Waals surface area (Å²) < 4.78 is 5.01. The van der Waals surface area contributed by atoms with E-state index in [-0.39, 0.29) is 6.61 Å². The number of hydrogen-bond acceptors (Lipinski definition) is 3. The predicted molar refractivity (Wildman–Crippen MR) is 54.3 cm³/mol. The highest BCUT2D eigenvalue weighted by Gasteiger charge is 1.99. The number of hydrogen-bond donors (Lipinski definition) is 3. The first-order valence-corrected chi connectivity index (χ1v) is 4.15. The molecular formula is C9H11N3O3. The monoisotopic (exact) mass is 209 g/mol. The van der Waals surface area contributed by atoms with Gasteiger partial charge in [-0.1, -0.05) is 0 Å². The molecule has 0 heterocycles. The molecule has 5 N–H and O–H groups in total. The third kappa shape index (κ3) is 3.99. The lowest BCUT2D eigenvalue weighted by molar-refractivity contribution is -0.119. The fraction of sp³-hybridized carbons (Fsp3) is 0.111. The Morgan fingerprint density at radius 2 is 1.80 bits per heavy atom. The molecular weight excluding hydrogens is 198 g/mol. The summed E-state index contributed by atoms with van der Waals surface area (Å²) in [5.74, 6) is -0.0573. The molecule has 15 heavy (non-hydrogen) atoms. The highest BCUT2D eigenvalue weighted by atomic mass is 16.5. The minimum Gasteiger partial charge on any atom is -0.484 e. The average Bonchev–Trinajstić information content (AvgIpc) is 2.16. The molecule has 0 aromatic heterocycles. The fourth-order valence-electron chi connectivity index (χ4n) is 0.931. The van der Waals surface area contributed by atoms with Gasteiger partial charge in [-0.15, -0.1) is 0 Å². The maximum atomic E-state index is 10.5. The summed E-state index contributed by atoms with van der Waals surface area (Å²) in [6.07, 6.45) is 0. The lowest BCUT2D eigenvalue weighted by atomic mass is 10.3. The molecule has 6 nitrogen and oxygen atoms in total. The summed E-state index contributed by atoms with van der Waals surface area (Å²) >= 11 is 0. The van der Waals surface area contributed by atoms with Crippen LogP contribution in [0.4, 0.5) is 10.5 Å². The molecule has 0 aliphatic carbocycles. The summed E-state index contributed by atoms with van der Waals surface area (Å²) in [4.78, 5) is 20.9. The van der Waals surface area contributed by atoms with Crippen LogP contribution in [-0.2, 0) is 4.79 Å². The maximum Gasteiger partial charge on any atom is 0.316 e. The Morgan fingerprint density at radius 3 is 2.27 bits per heavy atom. The number of rotatable bonds is 4. The van der Waals surface area contributed by atoms with E-state index in [2.05, 4.69) is 5.32 Å². The van der Waals surface area contributed by atoms with Crippen LogP contribution in [0.5, 0.6) is 5.75 Å². The maximum absolute atomic E-state index is 10.5. The number of nitrogens with one attached hydrogen (secondary N) is 1. The van der Waals surface area contributed by atoms with Crippen LogP contribution in [0.15, 0.2) is 24.3 Å². The number of carbonyl (C=O) groups excluding carboxylic acids is 2. The second kappa shape index (κ2) is 4.85. The van der Waals surface area contributed by atoms with Gasteiger partial charge in [0.25, 0.3) is 5.91 Å². The van der Waals surface area contributed by atoms with Crippen molar-refractivity contribution in [2.45, 2.75) is 0 Å². The van der Waals surface area contributed by atoms with Gasteiger partial charge in [0.1, 0.15) is 5.75 Å². The zero-order chi connectivity index (χ0) is 11.3. The van der Waals surface area contributed by atoms with Gasteiger partial charge in [0.2, 0.25) is 0 Å². The Balaban J connectivity index is 2.56. The van der Waals surface area contributed by atoms with E-state index in [0.717, 1.165) is 0 Å². The minimum atomic E-state index is -0.638. The molecule has 1 aromatic rings. The first-order chi connectivity index (χ1) is 7.08. The van der Waals surface area contributed by atoms with Gasteiger partial charge in [-0.2, -0.15) is 0 Å². The zero-order valence-electron chi connectivity index (χ0n) is 7.90. The largest absolute Gasteiger partial charge is 0.484 e. The van der Waals surface area contributed by atoms with Gasteiger partial charge in [-0.05, 0) is 24.3 Å². The Hall–Kier alpha value is -2.24. The van der Waals surface area contributed by atoms with Crippen molar-refractivity contribution in [3.05, 3.63) is 24.3 Å². The number of amides is 3. The van der Waals surface area contributed by atoms with Crippen molar-refractivity contribution in [2.24, 2.45) is 11.5 Å². The van der Waals surface area contributed by atoms with E-state index >= 15 is 0 Å². The molecule has 0 fully saturated rings. The normalized spacial score (nSPS) is 9.33. The molecule has 1 rings (SSSR count). The third-order valence-corrected chi connectivity index (χ3v) is 1.50. The van der Waals surface area contributed by atoms with Crippen LogP contribution in [0.1, 0.15) is 0 Å². The molecule has 3 amide bonds. The van der Waals surface area contributed by atoms with Crippen LogP contribution in [0.25, 0.3) is 0 Å². The molecule has 0 aliphatic heterocycles. The number of anilines is 1. The van der Waals surface area contributed by atoms with Crippen molar-refractivity contribution >= 4 is 17.6 Å². The Labute approximate surface area is 86.2 Å². The van der Waals surface area contributed by atoms with Gasteiger partial charge in [-0.3, -0.25) is 4.79 Å². The lowest BCUT2D eigenvalue weighted by Crippen LogP contribution is -2.20. The predicted octanol–water partition coefficient (Wildman–Crippen LogP) is 0.0413. The molecule has 0 saturated heterocycles. The molecule has 0 aliphatic rings. The molecule has 6 heteroatoms. The SMILES string of the molecule is NC(=O)COc1ccc(NC(N)=O)cc1. The van der Waals surface area contributed by atoms with Crippen molar-refractivity contribution in [3.8, 4) is 5.75 Å². The highest BCUT2D eigenvalue weighted by molar-refractivity contribution is 5.87. The van der Waals surface area contributed by atoms with Gasteiger partial charge in [0, 0.05) is 5.69 Å². The summed E-state index contributed by atoms with van der Waals surface area (Å²) in [6, 6.07) is 5.74. The van der Waals surface area contributed by atoms with Crippen molar-refractivity contribution in [3.63, 3.8) is 0 Å². The molecule has 0 unspecified atom stereocenters. The molecule has 0 spiro atoms. The van der Waals surface area contributed by atoms with E-state index in [1.54, 1.807) is 24.3 Å². The van der Waals surface area contributed by atoms with Crippen LogP contribution < -0.4 is 21.5 Å². The second-order valence-corrected chi connectivity index (χ2v) is 2.77. The molecule has 0 radical (unpaired) electrons.